The van der Waals surface area contributed by atoms with Gasteiger partial charge in [-0.1, -0.05) is 35.4 Å². The van der Waals surface area contributed by atoms with Crippen LogP contribution in [0.25, 0.3) is 0 Å². The van der Waals surface area contributed by atoms with Crippen LogP contribution in [0, 0.1) is 0 Å². The number of benzene rings is 1. The number of aromatic nitrogens is 1. The van der Waals surface area contributed by atoms with Crippen molar-refractivity contribution in [1.29, 1.82) is 0 Å². The molecule has 1 aromatic heterocycles. The van der Waals surface area contributed by atoms with Crippen molar-refractivity contribution in [1.82, 2.24) is 4.98 Å². The van der Waals surface area contributed by atoms with E-state index >= 15 is 0 Å². The Hall–Kier alpha value is -1.99. The maximum Gasteiger partial charge on any atom is 0.289 e. The first-order valence-corrected chi connectivity index (χ1v) is 10.3. The molecule has 0 radical (unpaired) electrons. The second-order valence-electron chi connectivity index (χ2n) is 5.63. The summed E-state index contributed by atoms with van der Waals surface area (Å²) < 4.78 is 31.5. The minimum Gasteiger partial charge on any atom is -0.287 e. The first-order valence-electron chi connectivity index (χ1n) is 7.55. The van der Waals surface area contributed by atoms with Crippen molar-refractivity contribution >= 4 is 26.7 Å². The number of sulfonamides is 1. The maximum atomic E-state index is 12.6. The van der Waals surface area contributed by atoms with Crippen LogP contribution < -0.4 is 4.31 Å². The highest BCUT2D eigenvalue weighted by atomic mass is 32.3. The lowest BCUT2D eigenvalue weighted by Gasteiger charge is -2.31. The van der Waals surface area contributed by atoms with Gasteiger partial charge in [0, 0.05) is 22.8 Å². The predicted octanol–water partition coefficient (Wildman–Crippen LogP) is 3.34. The molecule has 0 unspecified atom stereocenters. The quantitative estimate of drug-likeness (QED) is 0.787. The molecule has 0 bridgehead atoms. The van der Waals surface area contributed by atoms with E-state index in [1.165, 1.54) is 11.1 Å². The summed E-state index contributed by atoms with van der Waals surface area (Å²) >= 11 is 0. The second-order valence-corrected chi connectivity index (χ2v) is 9.06. The minimum atomic E-state index is -3.70. The van der Waals surface area contributed by atoms with Crippen LogP contribution in [0.1, 0.15) is 13.8 Å². The summed E-state index contributed by atoms with van der Waals surface area (Å²) in [7, 11) is -4.50. The molecular weight excluding hydrogens is 342 g/mol. The fourth-order valence-electron chi connectivity index (χ4n) is 2.33. The Labute approximate surface area is 145 Å². The lowest BCUT2D eigenvalue weighted by Crippen LogP contribution is -2.35. The average molecular weight is 361 g/mol. The van der Waals surface area contributed by atoms with Crippen LogP contribution in [0.2, 0.25) is 0 Å². The smallest absolute Gasteiger partial charge is 0.287 e. The molecule has 0 aliphatic carbocycles. The van der Waals surface area contributed by atoms with Crippen molar-refractivity contribution in [2.75, 3.05) is 16.6 Å². The summed E-state index contributed by atoms with van der Waals surface area (Å²) in [5.41, 5.74) is 2.43. The van der Waals surface area contributed by atoms with E-state index in [1.807, 2.05) is 29.4 Å². The van der Waals surface area contributed by atoms with E-state index in [-0.39, 0.29) is 4.90 Å². The van der Waals surface area contributed by atoms with E-state index in [2.05, 4.69) is 15.7 Å². The molecule has 7 heteroatoms. The van der Waals surface area contributed by atoms with Crippen molar-refractivity contribution in [2.45, 2.75) is 18.7 Å². The summed E-state index contributed by atoms with van der Waals surface area (Å²) in [6.45, 7) is 4.74. The van der Waals surface area contributed by atoms with Gasteiger partial charge in [0.2, 0.25) is 0 Å². The highest BCUT2D eigenvalue weighted by molar-refractivity contribution is 8.00. The molecule has 1 aliphatic heterocycles. The zero-order valence-corrected chi connectivity index (χ0v) is 15.2. The van der Waals surface area contributed by atoms with Crippen molar-refractivity contribution in [3.05, 3.63) is 65.9 Å². The van der Waals surface area contributed by atoms with Crippen molar-refractivity contribution in [2.24, 2.45) is 3.77 Å². The Kier molecular flexibility index (Phi) is 4.82. The topological polar surface area (TPSA) is 62.6 Å². The van der Waals surface area contributed by atoms with E-state index in [4.69, 9.17) is 0 Å². The molecule has 0 spiro atoms. The Bertz CT molecular complexity index is 892. The molecule has 3 rings (SSSR count). The molecule has 0 N–H and O–H groups in total. The lowest BCUT2D eigenvalue weighted by molar-refractivity contribution is 0.598. The summed E-state index contributed by atoms with van der Waals surface area (Å²) in [6, 6.07) is 14.0. The molecule has 126 valence electrons. The maximum absolute atomic E-state index is 12.6. The Morgan fingerprint density at radius 3 is 2.42 bits per heavy atom. The van der Waals surface area contributed by atoms with Gasteiger partial charge in [0.1, 0.15) is 5.82 Å². The monoisotopic (exact) mass is 361 g/mol. The van der Waals surface area contributed by atoms with E-state index in [1.54, 1.807) is 36.5 Å². The number of nitrogens with zero attached hydrogens (tertiary/aromatic N) is 3. The summed E-state index contributed by atoms with van der Waals surface area (Å²) in [4.78, 5) is 4.59. The standard InChI is InChI=1S/C17H19N3O2S2/c1-14-12-20(17-10-6-7-11-18-17)23(13-15(14)2)19-24(21,22)16-8-4-3-5-9-16/h3-11H,12-13H2,1-2H3/t23-/m0/s1. The largest absolute Gasteiger partial charge is 0.289 e. The lowest BCUT2D eigenvalue weighted by atomic mass is 10.2. The molecule has 1 aliphatic rings. The highest BCUT2D eigenvalue weighted by Crippen LogP contribution is 2.25. The molecule has 2 heterocycles. The van der Waals surface area contributed by atoms with Crippen molar-refractivity contribution < 1.29 is 8.42 Å². The van der Waals surface area contributed by atoms with Gasteiger partial charge in [-0.25, -0.2) is 4.98 Å². The van der Waals surface area contributed by atoms with Gasteiger partial charge in [0.05, 0.1) is 11.4 Å². The van der Waals surface area contributed by atoms with Crippen LogP contribution >= 0.6 is 0 Å². The van der Waals surface area contributed by atoms with E-state index in [9.17, 15) is 8.42 Å². The van der Waals surface area contributed by atoms with E-state index in [0.29, 0.717) is 12.3 Å². The molecule has 0 saturated heterocycles. The Morgan fingerprint density at radius 1 is 1.04 bits per heavy atom. The third kappa shape index (κ3) is 3.57. The number of anilines is 1. The van der Waals surface area contributed by atoms with Gasteiger partial charge in [-0.05, 0) is 38.1 Å². The molecule has 24 heavy (non-hydrogen) atoms. The van der Waals surface area contributed by atoms with Crippen LogP contribution in [-0.4, -0.2) is 25.7 Å². The molecule has 1 atom stereocenters. The molecular formula is C17H19N3O2S2. The Balaban J connectivity index is 2.06. The van der Waals surface area contributed by atoms with Crippen LogP contribution in [-0.2, 0) is 20.9 Å². The van der Waals surface area contributed by atoms with Gasteiger partial charge in [-0.15, -0.1) is 3.77 Å². The van der Waals surface area contributed by atoms with E-state index in [0.717, 1.165) is 5.82 Å². The molecule has 2 aromatic rings. The highest BCUT2D eigenvalue weighted by Gasteiger charge is 2.24. The average Bonchev–Trinajstić information content (AvgIpc) is 2.59. The Morgan fingerprint density at radius 2 is 1.75 bits per heavy atom. The fraction of sp³-hybridized carbons (Fsp3) is 0.235. The van der Waals surface area contributed by atoms with Gasteiger partial charge < -0.3 is 0 Å². The molecule has 0 fully saturated rings. The van der Waals surface area contributed by atoms with Crippen LogP contribution in [0.3, 0.4) is 0 Å². The zero-order chi connectivity index (χ0) is 17.2. The summed E-state index contributed by atoms with van der Waals surface area (Å²) in [6.07, 6.45) is 1.71. The van der Waals surface area contributed by atoms with Gasteiger partial charge >= 0.3 is 0 Å². The van der Waals surface area contributed by atoms with E-state index < -0.39 is 20.9 Å². The normalized spacial score (nSPS) is 18.9. The molecule has 1 aromatic carbocycles. The van der Waals surface area contributed by atoms with Crippen LogP contribution in [0.4, 0.5) is 5.82 Å². The van der Waals surface area contributed by atoms with Gasteiger partial charge in [-0.2, -0.15) is 8.42 Å². The number of hydrogen-bond donors (Lipinski definition) is 0. The molecule has 0 amide bonds. The zero-order valence-electron chi connectivity index (χ0n) is 13.6. The van der Waals surface area contributed by atoms with Crippen molar-refractivity contribution in [3.63, 3.8) is 0 Å². The number of rotatable bonds is 3. The fourth-order valence-corrected chi connectivity index (χ4v) is 6.07. The minimum absolute atomic E-state index is 0.224. The third-order valence-electron chi connectivity index (χ3n) is 3.84. The van der Waals surface area contributed by atoms with Crippen LogP contribution in [0.15, 0.2) is 74.5 Å². The van der Waals surface area contributed by atoms with Gasteiger partial charge in [-0.3, -0.25) is 4.31 Å². The SMILES string of the molecule is CC1=C(C)C[S@@](=NS(=O)(=O)c2ccccc2)N(c2ccccn2)C1. The molecule has 5 nitrogen and oxygen atoms in total. The van der Waals surface area contributed by atoms with Crippen molar-refractivity contribution in [3.8, 4) is 0 Å². The molecule has 0 saturated carbocycles. The van der Waals surface area contributed by atoms with Crippen LogP contribution in [0.5, 0.6) is 0 Å². The summed E-state index contributed by atoms with van der Waals surface area (Å²) in [5, 5.41) is 0. The van der Waals surface area contributed by atoms with Gasteiger partial charge in [0.25, 0.3) is 10.0 Å². The number of hydrogen-bond acceptors (Lipinski definition) is 3. The summed E-state index contributed by atoms with van der Waals surface area (Å²) in [5.74, 6) is 1.36. The first-order chi connectivity index (χ1) is 11.5. The van der Waals surface area contributed by atoms with Gasteiger partial charge in [0.15, 0.2) is 0 Å². The first kappa shape index (κ1) is 16.9. The number of pyridine rings is 1. The predicted molar refractivity (Wildman–Crippen MR) is 98.2 cm³/mol. The third-order valence-corrected chi connectivity index (χ3v) is 7.70. The second kappa shape index (κ2) is 6.86.